The Hall–Kier alpha value is -1.36. The molecule has 122 valence electrons. The largest absolute Gasteiger partial charge is 0.463 e. The summed E-state index contributed by atoms with van der Waals surface area (Å²) >= 11 is 0. The van der Waals surface area contributed by atoms with Gasteiger partial charge in [0.15, 0.2) is 0 Å². The van der Waals surface area contributed by atoms with E-state index in [0.29, 0.717) is 12.2 Å². The highest BCUT2D eigenvalue weighted by molar-refractivity contribution is 5.88. The zero-order valence-corrected chi connectivity index (χ0v) is 14.3. The van der Waals surface area contributed by atoms with Crippen molar-refractivity contribution in [3.05, 3.63) is 11.6 Å². The van der Waals surface area contributed by atoms with Gasteiger partial charge in [-0.3, -0.25) is 4.79 Å². The van der Waals surface area contributed by atoms with Crippen molar-refractivity contribution in [2.24, 2.45) is 17.6 Å². The summed E-state index contributed by atoms with van der Waals surface area (Å²) in [5, 5.41) is 0. The summed E-state index contributed by atoms with van der Waals surface area (Å²) in [6.07, 6.45) is 1.79. The molecule has 0 aliphatic rings. The van der Waals surface area contributed by atoms with Crippen LogP contribution in [0.4, 0.5) is 0 Å². The first-order valence-corrected chi connectivity index (χ1v) is 7.51. The Labute approximate surface area is 128 Å². The summed E-state index contributed by atoms with van der Waals surface area (Å²) in [7, 11) is 1.73. The molecule has 0 aromatic heterocycles. The number of amides is 1. The lowest BCUT2D eigenvalue weighted by Gasteiger charge is -2.32. The Balaban J connectivity index is 5.19. The van der Waals surface area contributed by atoms with Gasteiger partial charge in [0.1, 0.15) is 0 Å². The zero-order chi connectivity index (χ0) is 16.7. The second kappa shape index (κ2) is 8.82. The van der Waals surface area contributed by atoms with Crippen LogP contribution in [0.5, 0.6) is 0 Å². The number of nitrogens with two attached hydrogens (primary N) is 1. The third kappa shape index (κ3) is 5.87. The second-order valence-electron chi connectivity index (χ2n) is 6.02. The van der Waals surface area contributed by atoms with Gasteiger partial charge in [0.2, 0.25) is 5.91 Å². The third-order valence-corrected chi connectivity index (χ3v) is 3.50. The molecule has 0 aliphatic carbocycles. The number of carbonyl (C=O) groups excluding carboxylic acids is 2. The molecule has 1 amide bonds. The molecule has 0 radical (unpaired) electrons. The number of ether oxygens (including phenoxy) is 1. The number of hydrogen-bond donors (Lipinski definition) is 1. The van der Waals surface area contributed by atoms with Crippen LogP contribution in [0.2, 0.25) is 0 Å². The number of likely N-dealkylation sites (N-methyl/N-ethyl adjacent to an activating group) is 1. The SMILES string of the molecule is CCOC(=O)C(C)=CC(C(C)C)N(C)C(=O)[C@@H](N)C(C)C. The number of hydrogen-bond acceptors (Lipinski definition) is 4. The predicted molar refractivity (Wildman–Crippen MR) is 84.6 cm³/mol. The molecule has 2 atom stereocenters. The lowest BCUT2D eigenvalue weighted by atomic mass is 9.97. The minimum atomic E-state index is -0.535. The summed E-state index contributed by atoms with van der Waals surface area (Å²) in [6.45, 7) is 11.6. The van der Waals surface area contributed by atoms with Gasteiger partial charge in [-0.25, -0.2) is 4.79 Å². The van der Waals surface area contributed by atoms with Crippen molar-refractivity contribution >= 4 is 11.9 Å². The molecule has 0 bridgehead atoms. The highest BCUT2D eigenvalue weighted by atomic mass is 16.5. The monoisotopic (exact) mass is 298 g/mol. The predicted octanol–water partition coefficient (Wildman–Crippen LogP) is 1.96. The Kier molecular flexibility index (Phi) is 8.25. The van der Waals surface area contributed by atoms with Gasteiger partial charge >= 0.3 is 5.97 Å². The van der Waals surface area contributed by atoms with E-state index in [2.05, 4.69) is 0 Å². The number of carbonyl (C=O) groups is 2. The van der Waals surface area contributed by atoms with E-state index in [9.17, 15) is 9.59 Å². The first-order valence-electron chi connectivity index (χ1n) is 7.51. The van der Waals surface area contributed by atoms with E-state index in [-0.39, 0.29) is 29.8 Å². The lowest BCUT2D eigenvalue weighted by molar-refractivity contribution is -0.139. The first kappa shape index (κ1) is 19.6. The lowest BCUT2D eigenvalue weighted by Crippen LogP contribution is -2.49. The fourth-order valence-electron chi connectivity index (χ4n) is 1.99. The average Bonchev–Trinajstić information content (AvgIpc) is 2.41. The Morgan fingerprint density at radius 3 is 2.10 bits per heavy atom. The molecule has 1 unspecified atom stereocenters. The van der Waals surface area contributed by atoms with Gasteiger partial charge in [0, 0.05) is 12.6 Å². The van der Waals surface area contributed by atoms with Gasteiger partial charge in [-0.15, -0.1) is 0 Å². The van der Waals surface area contributed by atoms with Gasteiger partial charge < -0.3 is 15.4 Å². The van der Waals surface area contributed by atoms with Crippen LogP contribution < -0.4 is 5.73 Å². The van der Waals surface area contributed by atoms with Crippen molar-refractivity contribution < 1.29 is 14.3 Å². The van der Waals surface area contributed by atoms with Crippen LogP contribution in [-0.4, -0.2) is 42.5 Å². The van der Waals surface area contributed by atoms with Crippen molar-refractivity contribution in [2.75, 3.05) is 13.7 Å². The molecule has 0 aliphatic heterocycles. The Morgan fingerprint density at radius 1 is 1.19 bits per heavy atom. The van der Waals surface area contributed by atoms with Crippen LogP contribution in [0.25, 0.3) is 0 Å². The van der Waals surface area contributed by atoms with Crippen LogP contribution in [0, 0.1) is 11.8 Å². The first-order chi connectivity index (χ1) is 9.63. The summed E-state index contributed by atoms with van der Waals surface area (Å²) in [6, 6.07) is -0.723. The summed E-state index contributed by atoms with van der Waals surface area (Å²) in [5.74, 6) is -0.223. The van der Waals surface area contributed by atoms with E-state index in [0.717, 1.165) is 0 Å². The molecule has 2 N–H and O–H groups in total. The highest BCUT2D eigenvalue weighted by Crippen LogP contribution is 2.16. The normalized spacial score (nSPS) is 15.0. The van der Waals surface area contributed by atoms with E-state index in [4.69, 9.17) is 10.5 Å². The molecular weight excluding hydrogens is 268 g/mol. The maximum absolute atomic E-state index is 12.4. The van der Waals surface area contributed by atoms with E-state index in [1.54, 1.807) is 31.9 Å². The number of esters is 1. The average molecular weight is 298 g/mol. The minimum Gasteiger partial charge on any atom is -0.463 e. The van der Waals surface area contributed by atoms with Crippen molar-refractivity contribution in [1.29, 1.82) is 0 Å². The van der Waals surface area contributed by atoms with Gasteiger partial charge in [0.25, 0.3) is 0 Å². The zero-order valence-electron chi connectivity index (χ0n) is 14.3. The van der Waals surface area contributed by atoms with Gasteiger partial charge in [-0.05, 0) is 25.7 Å². The fourth-order valence-corrected chi connectivity index (χ4v) is 1.99. The fraction of sp³-hybridized carbons (Fsp3) is 0.750. The molecule has 5 heteroatoms. The maximum Gasteiger partial charge on any atom is 0.333 e. The standard InChI is InChI=1S/C16H30N2O3/c1-8-21-16(20)12(6)9-13(10(2)3)18(7)15(19)14(17)11(4)5/h9-11,13-14H,8,17H2,1-7H3/t13?,14-/m0/s1. The molecule has 0 saturated heterocycles. The third-order valence-electron chi connectivity index (χ3n) is 3.50. The van der Waals surface area contributed by atoms with Gasteiger partial charge in [0.05, 0.1) is 18.7 Å². The molecule has 0 aromatic rings. The molecule has 0 saturated carbocycles. The van der Waals surface area contributed by atoms with E-state index < -0.39 is 6.04 Å². The number of nitrogens with zero attached hydrogens (tertiary/aromatic N) is 1. The van der Waals surface area contributed by atoms with Crippen LogP contribution in [0.3, 0.4) is 0 Å². The quantitative estimate of drug-likeness (QED) is 0.576. The molecule has 5 nitrogen and oxygen atoms in total. The van der Waals surface area contributed by atoms with Crippen LogP contribution in [0.1, 0.15) is 41.5 Å². The molecule has 0 fully saturated rings. The van der Waals surface area contributed by atoms with Crippen molar-refractivity contribution in [3.63, 3.8) is 0 Å². The maximum atomic E-state index is 12.4. The Morgan fingerprint density at radius 2 is 1.71 bits per heavy atom. The Bertz CT molecular complexity index is 389. The molecule has 0 rings (SSSR count). The second-order valence-corrected chi connectivity index (χ2v) is 6.02. The van der Waals surface area contributed by atoms with Crippen molar-refractivity contribution in [1.82, 2.24) is 4.90 Å². The van der Waals surface area contributed by atoms with Crippen LogP contribution in [0.15, 0.2) is 11.6 Å². The molecule has 21 heavy (non-hydrogen) atoms. The van der Waals surface area contributed by atoms with Crippen molar-refractivity contribution in [2.45, 2.75) is 53.6 Å². The van der Waals surface area contributed by atoms with Gasteiger partial charge in [-0.2, -0.15) is 0 Å². The van der Waals surface area contributed by atoms with Crippen LogP contribution in [-0.2, 0) is 14.3 Å². The molecule has 0 spiro atoms. The smallest absolute Gasteiger partial charge is 0.333 e. The van der Waals surface area contributed by atoms with Crippen molar-refractivity contribution in [3.8, 4) is 0 Å². The van der Waals surface area contributed by atoms with Gasteiger partial charge in [-0.1, -0.05) is 33.8 Å². The topological polar surface area (TPSA) is 72.6 Å². The minimum absolute atomic E-state index is 0.0721. The molecule has 0 aromatic carbocycles. The van der Waals surface area contributed by atoms with E-state index in [1.807, 2.05) is 27.7 Å². The molecular formula is C16H30N2O3. The summed E-state index contributed by atoms with van der Waals surface area (Å²) < 4.78 is 4.97. The molecule has 0 heterocycles. The van der Waals surface area contributed by atoms with E-state index in [1.165, 1.54) is 0 Å². The highest BCUT2D eigenvalue weighted by Gasteiger charge is 2.27. The summed E-state index contributed by atoms with van der Waals surface area (Å²) in [5.41, 5.74) is 6.44. The van der Waals surface area contributed by atoms with E-state index >= 15 is 0 Å². The number of rotatable bonds is 7. The summed E-state index contributed by atoms with van der Waals surface area (Å²) in [4.78, 5) is 25.7. The van der Waals surface area contributed by atoms with Crippen LogP contribution >= 0.6 is 0 Å².